The van der Waals surface area contributed by atoms with E-state index in [-0.39, 0.29) is 5.91 Å². The molecule has 1 aliphatic heterocycles. The zero-order chi connectivity index (χ0) is 17.7. The molecule has 1 aliphatic rings. The van der Waals surface area contributed by atoms with Crippen LogP contribution in [0, 0.1) is 0 Å². The molecule has 1 aromatic heterocycles. The van der Waals surface area contributed by atoms with Gasteiger partial charge < -0.3 is 16.0 Å². The summed E-state index contributed by atoms with van der Waals surface area (Å²) in [7, 11) is 0. The van der Waals surface area contributed by atoms with Crippen molar-refractivity contribution in [3.8, 4) is 0 Å². The largest absolute Gasteiger partial charge is 0.357 e. The third-order valence-corrected chi connectivity index (χ3v) is 4.79. The Labute approximate surface area is 149 Å². The number of nitrogens with two attached hydrogens (primary N) is 1. The quantitative estimate of drug-likeness (QED) is 0.879. The Hall–Kier alpha value is -2.40. The maximum Gasteiger partial charge on any atom is 0.244 e. The van der Waals surface area contributed by atoms with Crippen LogP contribution in [0.1, 0.15) is 37.3 Å². The molecular weight excluding hydrogens is 312 g/mol. The van der Waals surface area contributed by atoms with E-state index >= 15 is 0 Å². The van der Waals surface area contributed by atoms with Crippen LogP contribution in [0.25, 0.3) is 0 Å². The van der Waals surface area contributed by atoms with E-state index in [4.69, 9.17) is 5.73 Å². The van der Waals surface area contributed by atoms with Gasteiger partial charge in [0, 0.05) is 25.8 Å². The number of pyridine rings is 1. The average molecular weight is 338 g/mol. The van der Waals surface area contributed by atoms with Crippen LogP contribution in [0.15, 0.2) is 48.7 Å². The smallest absolute Gasteiger partial charge is 0.244 e. The topological polar surface area (TPSA) is 71.2 Å². The fourth-order valence-corrected chi connectivity index (χ4v) is 3.15. The van der Waals surface area contributed by atoms with Crippen molar-refractivity contribution in [3.63, 3.8) is 0 Å². The first kappa shape index (κ1) is 17.4. The van der Waals surface area contributed by atoms with Crippen LogP contribution < -0.4 is 16.0 Å². The maximum absolute atomic E-state index is 12.6. The molecule has 1 aromatic carbocycles. The number of piperidine rings is 1. The van der Waals surface area contributed by atoms with Gasteiger partial charge in [-0.15, -0.1) is 0 Å². The first-order chi connectivity index (χ1) is 12.1. The van der Waals surface area contributed by atoms with Crippen molar-refractivity contribution in [1.29, 1.82) is 0 Å². The van der Waals surface area contributed by atoms with Crippen LogP contribution >= 0.6 is 0 Å². The van der Waals surface area contributed by atoms with Gasteiger partial charge >= 0.3 is 0 Å². The molecule has 1 atom stereocenters. The predicted molar refractivity (Wildman–Crippen MR) is 100 cm³/mol. The Balaban J connectivity index is 1.64. The molecule has 5 heteroatoms. The highest BCUT2D eigenvalue weighted by molar-refractivity contribution is 5.86. The summed E-state index contributed by atoms with van der Waals surface area (Å²) in [6.07, 6.45) is 5.53. The maximum atomic E-state index is 12.6. The number of amides is 1. The summed E-state index contributed by atoms with van der Waals surface area (Å²) >= 11 is 0. The van der Waals surface area contributed by atoms with Crippen molar-refractivity contribution in [3.05, 3.63) is 59.8 Å². The third kappa shape index (κ3) is 4.17. The van der Waals surface area contributed by atoms with Gasteiger partial charge in [-0.1, -0.05) is 30.3 Å². The minimum absolute atomic E-state index is 0.185. The summed E-state index contributed by atoms with van der Waals surface area (Å²) in [5, 5.41) is 2.96. The molecule has 0 bridgehead atoms. The standard InChI is InChI=1S/C20H26N4O/c1-20(21,17-8-4-2-5-9-17)19(25)23-15-16-10-11-22-18(14-16)24-12-6-3-7-13-24/h2,4-5,8-11,14H,3,6-7,12-13,15,21H2,1H3,(H,23,25). The molecule has 0 aliphatic carbocycles. The molecule has 1 saturated heterocycles. The molecule has 2 aromatic rings. The first-order valence-electron chi connectivity index (χ1n) is 8.90. The van der Waals surface area contributed by atoms with Crippen molar-refractivity contribution in [2.45, 2.75) is 38.3 Å². The number of carbonyl (C=O) groups is 1. The zero-order valence-corrected chi connectivity index (χ0v) is 14.7. The van der Waals surface area contributed by atoms with Gasteiger partial charge in [-0.25, -0.2) is 4.98 Å². The lowest BCUT2D eigenvalue weighted by Gasteiger charge is -2.28. The summed E-state index contributed by atoms with van der Waals surface area (Å²) in [5.41, 5.74) is 7.05. The Bertz CT molecular complexity index is 709. The van der Waals surface area contributed by atoms with E-state index in [1.54, 1.807) is 6.92 Å². The number of benzene rings is 1. The van der Waals surface area contributed by atoms with E-state index in [0.29, 0.717) is 6.54 Å². The molecule has 0 saturated carbocycles. The van der Waals surface area contributed by atoms with E-state index in [0.717, 1.165) is 30.0 Å². The van der Waals surface area contributed by atoms with Gasteiger partial charge in [0.2, 0.25) is 5.91 Å². The van der Waals surface area contributed by atoms with Gasteiger partial charge in [0.15, 0.2) is 0 Å². The fourth-order valence-electron chi connectivity index (χ4n) is 3.15. The van der Waals surface area contributed by atoms with E-state index in [1.807, 2.05) is 42.6 Å². The molecule has 5 nitrogen and oxygen atoms in total. The highest BCUT2D eigenvalue weighted by atomic mass is 16.2. The molecule has 2 heterocycles. The second kappa shape index (κ2) is 7.66. The third-order valence-electron chi connectivity index (χ3n) is 4.79. The SMILES string of the molecule is CC(N)(C(=O)NCc1ccnc(N2CCCCC2)c1)c1ccccc1. The minimum atomic E-state index is -1.05. The number of carbonyl (C=O) groups excluding carboxylic acids is 1. The molecule has 3 rings (SSSR count). The van der Waals surface area contributed by atoms with Crippen molar-refractivity contribution >= 4 is 11.7 Å². The Morgan fingerprint density at radius 3 is 2.64 bits per heavy atom. The molecule has 132 valence electrons. The number of rotatable bonds is 5. The molecule has 1 amide bonds. The molecule has 0 spiro atoms. The normalized spacial score (nSPS) is 17.0. The zero-order valence-electron chi connectivity index (χ0n) is 14.7. The second-order valence-electron chi connectivity index (χ2n) is 6.82. The predicted octanol–water partition coefficient (Wildman–Crippen LogP) is 2.56. The van der Waals surface area contributed by atoms with E-state index in [9.17, 15) is 4.79 Å². The summed E-state index contributed by atoms with van der Waals surface area (Å²) in [5.74, 6) is 0.806. The van der Waals surface area contributed by atoms with Crippen LogP contribution in [0.5, 0.6) is 0 Å². The lowest BCUT2D eigenvalue weighted by Crippen LogP contribution is -2.48. The lowest BCUT2D eigenvalue weighted by molar-refractivity contribution is -0.126. The van der Waals surface area contributed by atoms with Gasteiger partial charge in [-0.05, 0) is 49.4 Å². The van der Waals surface area contributed by atoms with Gasteiger partial charge in [0.1, 0.15) is 11.4 Å². The second-order valence-corrected chi connectivity index (χ2v) is 6.82. The highest BCUT2D eigenvalue weighted by Gasteiger charge is 2.30. The number of hydrogen-bond donors (Lipinski definition) is 2. The lowest BCUT2D eigenvalue weighted by atomic mass is 9.92. The summed E-state index contributed by atoms with van der Waals surface area (Å²) in [6, 6.07) is 13.4. The Morgan fingerprint density at radius 1 is 1.20 bits per heavy atom. The summed E-state index contributed by atoms with van der Waals surface area (Å²) < 4.78 is 0. The van der Waals surface area contributed by atoms with Crippen LogP contribution in [-0.2, 0) is 16.9 Å². The molecule has 1 unspecified atom stereocenters. The van der Waals surface area contributed by atoms with Crippen LogP contribution in [0.2, 0.25) is 0 Å². The molecular formula is C20H26N4O. The van der Waals surface area contributed by atoms with Crippen LogP contribution in [0.3, 0.4) is 0 Å². The summed E-state index contributed by atoms with van der Waals surface area (Å²) in [4.78, 5) is 19.3. The fraction of sp³-hybridized carbons (Fsp3) is 0.400. The van der Waals surface area contributed by atoms with E-state index < -0.39 is 5.54 Å². The number of anilines is 1. The van der Waals surface area contributed by atoms with Crippen LogP contribution in [0.4, 0.5) is 5.82 Å². The first-order valence-corrected chi connectivity index (χ1v) is 8.90. The Kier molecular flexibility index (Phi) is 5.34. The van der Waals surface area contributed by atoms with Gasteiger partial charge in [0.05, 0.1) is 0 Å². The van der Waals surface area contributed by atoms with Crippen molar-refractivity contribution in [2.24, 2.45) is 5.73 Å². The van der Waals surface area contributed by atoms with Crippen LogP contribution in [-0.4, -0.2) is 24.0 Å². The number of hydrogen-bond acceptors (Lipinski definition) is 4. The molecule has 1 fully saturated rings. The van der Waals surface area contributed by atoms with Gasteiger partial charge in [-0.2, -0.15) is 0 Å². The molecule has 3 N–H and O–H groups in total. The minimum Gasteiger partial charge on any atom is -0.357 e. The summed E-state index contributed by atoms with van der Waals surface area (Å²) in [6.45, 7) is 4.29. The van der Waals surface area contributed by atoms with E-state index in [2.05, 4.69) is 21.3 Å². The molecule has 25 heavy (non-hydrogen) atoms. The van der Waals surface area contributed by atoms with E-state index in [1.165, 1.54) is 19.3 Å². The number of aromatic nitrogens is 1. The average Bonchev–Trinajstić information content (AvgIpc) is 2.67. The van der Waals surface area contributed by atoms with Gasteiger partial charge in [0.25, 0.3) is 0 Å². The van der Waals surface area contributed by atoms with Crippen molar-refractivity contribution < 1.29 is 4.79 Å². The van der Waals surface area contributed by atoms with Crippen molar-refractivity contribution in [2.75, 3.05) is 18.0 Å². The highest BCUT2D eigenvalue weighted by Crippen LogP contribution is 2.20. The van der Waals surface area contributed by atoms with Gasteiger partial charge in [-0.3, -0.25) is 4.79 Å². The van der Waals surface area contributed by atoms with Crippen molar-refractivity contribution in [1.82, 2.24) is 10.3 Å². The number of nitrogens with zero attached hydrogens (tertiary/aromatic N) is 2. The molecule has 0 radical (unpaired) electrons. The number of nitrogens with one attached hydrogen (secondary N) is 1. The Morgan fingerprint density at radius 2 is 1.92 bits per heavy atom. The monoisotopic (exact) mass is 338 g/mol.